The number of anilines is 1. The normalized spacial score (nSPS) is 10.7. The summed E-state index contributed by atoms with van der Waals surface area (Å²) in [5.74, 6) is 1.02. The highest BCUT2D eigenvalue weighted by Crippen LogP contribution is 2.29. The van der Waals surface area contributed by atoms with E-state index >= 15 is 0 Å². The number of carbonyl (C=O) groups is 2. The number of hydrogen-bond acceptors (Lipinski definition) is 7. The highest BCUT2D eigenvalue weighted by Gasteiger charge is 2.15. The van der Waals surface area contributed by atoms with Crippen molar-refractivity contribution in [1.29, 1.82) is 0 Å². The van der Waals surface area contributed by atoms with Crippen molar-refractivity contribution in [2.45, 2.75) is 13.8 Å². The maximum absolute atomic E-state index is 12.3. The van der Waals surface area contributed by atoms with E-state index in [1.54, 1.807) is 39.3 Å². The van der Waals surface area contributed by atoms with Crippen LogP contribution in [0.15, 0.2) is 42.5 Å². The number of hydrogen-bond donors (Lipinski definition) is 1. The van der Waals surface area contributed by atoms with E-state index in [2.05, 4.69) is 15.3 Å². The minimum absolute atomic E-state index is 0.240. The molecule has 3 aromatic rings. The van der Waals surface area contributed by atoms with Gasteiger partial charge in [0.2, 0.25) is 5.91 Å². The molecule has 170 valence electrons. The van der Waals surface area contributed by atoms with Gasteiger partial charge in [-0.3, -0.25) is 4.79 Å². The highest BCUT2D eigenvalue weighted by atomic mass is 16.5. The summed E-state index contributed by atoms with van der Waals surface area (Å²) in [5, 5.41) is 2.64. The van der Waals surface area contributed by atoms with Crippen LogP contribution < -0.4 is 14.8 Å². The molecule has 8 nitrogen and oxygen atoms in total. The standard InChI is InChI=1S/C25H25N3O5/c1-15-26-19(9-6-17-7-11-23(31-3)24(12-17)32-4)14-22(27-15)18-8-10-21(28-16(2)29)20(13-18)25(30)33-5/h6-14H,1-5H3,(H,28,29)/b9-6+. The molecule has 0 aliphatic rings. The number of methoxy groups -OCH3 is 3. The average molecular weight is 447 g/mol. The van der Waals surface area contributed by atoms with Gasteiger partial charge in [0.1, 0.15) is 5.82 Å². The minimum Gasteiger partial charge on any atom is -0.493 e. The van der Waals surface area contributed by atoms with Gasteiger partial charge >= 0.3 is 5.97 Å². The highest BCUT2D eigenvalue weighted by molar-refractivity contribution is 6.01. The third-order valence-corrected chi connectivity index (χ3v) is 4.74. The topological polar surface area (TPSA) is 99.6 Å². The second kappa shape index (κ2) is 10.4. The molecule has 0 saturated carbocycles. The van der Waals surface area contributed by atoms with Crippen LogP contribution in [-0.2, 0) is 9.53 Å². The fourth-order valence-corrected chi connectivity index (χ4v) is 3.24. The Morgan fingerprint density at radius 2 is 1.67 bits per heavy atom. The Balaban J connectivity index is 1.97. The first-order chi connectivity index (χ1) is 15.8. The lowest BCUT2D eigenvalue weighted by Crippen LogP contribution is -2.12. The summed E-state index contributed by atoms with van der Waals surface area (Å²) in [6.07, 6.45) is 3.78. The Bertz CT molecular complexity index is 1220. The molecular formula is C25H25N3O5. The van der Waals surface area contributed by atoms with Crippen LogP contribution in [0.25, 0.3) is 23.4 Å². The quantitative estimate of drug-likeness (QED) is 0.536. The fraction of sp³-hybridized carbons (Fsp3) is 0.200. The van der Waals surface area contributed by atoms with Crippen molar-refractivity contribution in [1.82, 2.24) is 9.97 Å². The summed E-state index contributed by atoms with van der Waals surface area (Å²) < 4.78 is 15.5. The average Bonchev–Trinajstić information content (AvgIpc) is 2.81. The van der Waals surface area contributed by atoms with Crippen molar-refractivity contribution in [3.05, 3.63) is 65.1 Å². The summed E-state index contributed by atoms with van der Waals surface area (Å²) in [7, 11) is 4.47. The van der Waals surface area contributed by atoms with Crippen molar-refractivity contribution in [2.24, 2.45) is 0 Å². The molecule has 0 radical (unpaired) electrons. The van der Waals surface area contributed by atoms with Gasteiger partial charge in [-0.05, 0) is 48.9 Å². The summed E-state index contributed by atoms with van der Waals surface area (Å²) >= 11 is 0. The predicted octanol–water partition coefficient (Wildman–Crippen LogP) is 4.38. The summed E-state index contributed by atoms with van der Waals surface area (Å²) in [6, 6.07) is 12.5. The fourth-order valence-electron chi connectivity index (χ4n) is 3.24. The number of aromatic nitrogens is 2. The molecular weight excluding hydrogens is 422 g/mol. The molecule has 1 heterocycles. The number of nitrogens with one attached hydrogen (secondary N) is 1. The van der Waals surface area contributed by atoms with Crippen LogP contribution in [0.1, 0.15) is 34.4 Å². The molecule has 0 spiro atoms. The number of ether oxygens (including phenoxy) is 3. The van der Waals surface area contributed by atoms with Crippen molar-refractivity contribution in [3.63, 3.8) is 0 Å². The molecule has 0 atom stereocenters. The molecule has 0 fully saturated rings. The third kappa shape index (κ3) is 5.74. The zero-order chi connectivity index (χ0) is 24.0. The van der Waals surface area contributed by atoms with Crippen LogP contribution in [0.2, 0.25) is 0 Å². The number of benzene rings is 2. The lowest BCUT2D eigenvalue weighted by atomic mass is 10.0. The maximum atomic E-state index is 12.3. The first-order valence-electron chi connectivity index (χ1n) is 10.1. The van der Waals surface area contributed by atoms with E-state index in [0.29, 0.717) is 40.0 Å². The Hall–Kier alpha value is -4.20. The zero-order valence-corrected chi connectivity index (χ0v) is 19.1. The molecule has 0 saturated heterocycles. The molecule has 1 aromatic heterocycles. The third-order valence-electron chi connectivity index (χ3n) is 4.74. The van der Waals surface area contributed by atoms with E-state index in [9.17, 15) is 9.59 Å². The van der Waals surface area contributed by atoms with Gasteiger partial charge in [-0.25, -0.2) is 14.8 Å². The number of rotatable bonds is 7. The lowest BCUT2D eigenvalue weighted by Gasteiger charge is -2.11. The van der Waals surface area contributed by atoms with Gasteiger partial charge in [0.25, 0.3) is 0 Å². The molecule has 1 N–H and O–H groups in total. The van der Waals surface area contributed by atoms with E-state index in [0.717, 1.165) is 5.56 Å². The van der Waals surface area contributed by atoms with Crippen molar-refractivity contribution in [3.8, 4) is 22.8 Å². The molecule has 2 aromatic carbocycles. The number of aryl methyl sites for hydroxylation is 1. The van der Waals surface area contributed by atoms with E-state index in [1.165, 1.54) is 14.0 Å². The maximum Gasteiger partial charge on any atom is 0.339 e. The number of nitrogens with zero attached hydrogens (tertiary/aromatic N) is 2. The smallest absolute Gasteiger partial charge is 0.339 e. The molecule has 0 aliphatic heterocycles. The number of carbonyl (C=O) groups excluding carboxylic acids is 2. The van der Waals surface area contributed by atoms with Crippen molar-refractivity contribution >= 4 is 29.7 Å². The Morgan fingerprint density at radius 3 is 2.33 bits per heavy atom. The van der Waals surface area contributed by atoms with Gasteiger partial charge in [-0.2, -0.15) is 0 Å². The zero-order valence-electron chi connectivity index (χ0n) is 19.1. The Labute approximate surface area is 192 Å². The van der Waals surface area contributed by atoms with E-state index in [1.807, 2.05) is 36.4 Å². The monoisotopic (exact) mass is 447 g/mol. The SMILES string of the molecule is COC(=O)c1cc(-c2cc(/C=C/c3ccc(OC)c(OC)c3)nc(C)n2)ccc1NC(C)=O. The molecule has 0 aliphatic carbocycles. The van der Waals surface area contributed by atoms with Gasteiger partial charge < -0.3 is 19.5 Å². The number of esters is 1. The summed E-state index contributed by atoms with van der Waals surface area (Å²) in [4.78, 5) is 32.7. The largest absolute Gasteiger partial charge is 0.493 e. The molecule has 0 bridgehead atoms. The van der Waals surface area contributed by atoms with Crippen molar-refractivity contribution in [2.75, 3.05) is 26.6 Å². The predicted molar refractivity (Wildman–Crippen MR) is 126 cm³/mol. The van der Waals surface area contributed by atoms with Crippen LogP contribution in [0.5, 0.6) is 11.5 Å². The van der Waals surface area contributed by atoms with Crippen LogP contribution in [0, 0.1) is 6.92 Å². The first-order valence-corrected chi connectivity index (χ1v) is 10.1. The van der Waals surface area contributed by atoms with Gasteiger partial charge in [0, 0.05) is 12.5 Å². The van der Waals surface area contributed by atoms with Gasteiger partial charge in [-0.1, -0.05) is 18.2 Å². The Kier molecular flexibility index (Phi) is 7.40. The van der Waals surface area contributed by atoms with Gasteiger partial charge in [-0.15, -0.1) is 0 Å². The first kappa shape index (κ1) is 23.5. The second-order valence-electron chi connectivity index (χ2n) is 7.11. The van der Waals surface area contributed by atoms with E-state index < -0.39 is 5.97 Å². The molecule has 3 rings (SSSR count). The second-order valence-corrected chi connectivity index (χ2v) is 7.11. The van der Waals surface area contributed by atoms with Crippen LogP contribution in [0.3, 0.4) is 0 Å². The summed E-state index contributed by atoms with van der Waals surface area (Å²) in [6.45, 7) is 3.17. The van der Waals surface area contributed by atoms with Crippen LogP contribution in [0.4, 0.5) is 5.69 Å². The molecule has 8 heteroatoms. The lowest BCUT2D eigenvalue weighted by molar-refractivity contribution is -0.114. The van der Waals surface area contributed by atoms with Gasteiger partial charge in [0.05, 0.1) is 44.0 Å². The molecule has 33 heavy (non-hydrogen) atoms. The van der Waals surface area contributed by atoms with Crippen LogP contribution in [-0.4, -0.2) is 43.2 Å². The van der Waals surface area contributed by atoms with E-state index in [4.69, 9.17) is 14.2 Å². The van der Waals surface area contributed by atoms with Gasteiger partial charge in [0.15, 0.2) is 11.5 Å². The molecule has 0 unspecified atom stereocenters. The van der Waals surface area contributed by atoms with E-state index in [-0.39, 0.29) is 11.5 Å². The van der Waals surface area contributed by atoms with Crippen LogP contribution >= 0.6 is 0 Å². The summed E-state index contributed by atoms with van der Waals surface area (Å²) in [5.41, 5.74) is 3.54. The van der Waals surface area contributed by atoms with Crippen molar-refractivity contribution < 1.29 is 23.8 Å². The Morgan fingerprint density at radius 1 is 0.909 bits per heavy atom. The molecule has 1 amide bonds. The number of amides is 1. The minimum atomic E-state index is -0.556.